The monoisotopic (exact) mass is 302 g/mol. The van der Waals surface area contributed by atoms with Gasteiger partial charge < -0.3 is 4.74 Å². The van der Waals surface area contributed by atoms with Gasteiger partial charge in [0.25, 0.3) is 5.88 Å². The van der Waals surface area contributed by atoms with Gasteiger partial charge in [0.15, 0.2) is 0 Å². The molecule has 6 heteroatoms. The third kappa shape index (κ3) is 2.68. The molecule has 2 aromatic rings. The second-order valence-electron chi connectivity index (χ2n) is 2.85. The van der Waals surface area contributed by atoms with Crippen molar-refractivity contribution in [3.8, 4) is 11.6 Å². The van der Waals surface area contributed by atoms with Gasteiger partial charge >= 0.3 is 0 Å². The van der Waals surface area contributed by atoms with Crippen LogP contribution in [0.5, 0.6) is 11.6 Å². The van der Waals surface area contributed by atoms with Gasteiger partial charge in [0.2, 0.25) is 11.1 Å². The first-order chi connectivity index (χ1) is 7.65. The first-order valence-electron chi connectivity index (χ1n) is 4.26. The molecule has 0 spiro atoms. The van der Waals surface area contributed by atoms with E-state index in [4.69, 9.17) is 16.3 Å². The topological polar surface area (TPSA) is 35.0 Å². The lowest BCUT2D eigenvalue weighted by atomic mass is 10.3. The van der Waals surface area contributed by atoms with Crippen LogP contribution in [0.2, 0.25) is 5.28 Å². The van der Waals surface area contributed by atoms with Gasteiger partial charge in [-0.1, -0.05) is 15.9 Å². The standard InChI is InChI=1S/C10H5BrClFN2O/c11-6-1-3-7(4-2-6)16-9-8(13)5-14-10(12)15-9/h1-5H. The number of rotatable bonds is 2. The summed E-state index contributed by atoms with van der Waals surface area (Å²) in [5.74, 6) is -0.383. The highest BCUT2D eigenvalue weighted by molar-refractivity contribution is 9.10. The van der Waals surface area contributed by atoms with E-state index >= 15 is 0 Å². The molecule has 0 aliphatic carbocycles. The Balaban J connectivity index is 2.26. The number of nitrogens with zero attached hydrogens (tertiary/aromatic N) is 2. The van der Waals surface area contributed by atoms with E-state index in [-0.39, 0.29) is 11.2 Å². The minimum Gasteiger partial charge on any atom is -0.436 e. The molecule has 82 valence electrons. The predicted octanol–water partition coefficient (Wildman–Crippen LogP) is 3.82. The lowest BCUT2D eigenvalue weighted by molar-refractivity contribution is 0.420. The molecule has 2 rings (SSSR count). The minimum atomic E-state index is -0.660. The highest BCUT2D eigenvalue weighted by Crippen LogP contribution is 2.24. The summed E-state index contributed by atoms with van der Waals surface area (Å²) in [4.78, 5) is 7.12. The number of aromatic nitrogens is 2. The minimum absolute atomic E-state index is 0.0616. The summed E-state index contributed by atoms with van der Waals surface area (Å²) in [7, 11) is 0. The molecule has 1 aromatic heterocycles. The van der Waals surface area contributed by atoms with Crippen LogP contribution in [0.15, 0.2) is 34.9 Å². The van der Waals surface area contributed by atoms with Gasteiger partial charge in [0.05, 0.1) is 6.20 Å². The van der Waals surface area contributed by atoms with E-state index in [1.807, 2.05) is 0 Å². The smallest absolute Gasteiger partial charge is 0.260 e. The third-order valence-corrected chi connectivity index (χ3v) is 2.42. The fourth-order valence-electron chi connectivity index (χ4n) is 1.02. The SMILES string of the molecule is Fc1cnc(Cl)nc1Oc1ccc(Br)cc1. The lowest BCUT2D eigenvalue weighted by Gasteiger charge is -2.05. The van der Waals surface area contributed by atoms with Crippen molar-refractivity contribution in [2.75, 3.05) is 0 Å². The highest BCUT2D eigenvalue weighted by atomic mass is 79.9. The quantitative estimate of drug-likeness (QED) is 0.791. The Morgan fingerprint density at radius 1 is 1.25 bits per heavy atom. The Morgan fingerprint density at radius 2 is 1.94 bits per heavy atom. The maximum atomic E-state index is 13.2. The van der Waals surface area contributed by atoms with Crippen molar-refractivity contribution < 1.29 is 9.13 Å². The lowest BCUT2D eigenvalue weighted by Crippen LogP contribution is -1.94. The van der Waals surface area contributed by atoms with Crippen LogP contribution in [0, 0.1) is 5.82 Å². The molecule has 1 aromatic carbocycles. The van der Waals surface area contributed by atoms with E-state index in [9.17, 15) is 4.39 Å². The predicted molar refractivity (Wildman–Crippen MR) is 61.2 cm³/mol. The highest BCUT2D eigenvalue weighted by Gasteiger charge is 2.08. The van der Waals surface area contributed by atoms with Crippen LogP contribution in [-0.2, 0) is 0 Å². The summed E-state index contributed by atoms with van der Waals surface area (Å²) in [5, 5.41) is -0.0616. The van der Waals surface area contributed by atoms with E-state index < -0.39 is 5.82 Å². The number of hydrogen-bond donors (Lipinski definition) is 0. The molecule has 0 bridgehead atoms. The number of ether oxygens (including phenoxy) is 1. The van der Waals surface area contributed by atoms with Gasteiger partial charge in [-0.05, 0) is 35.9 Å². The van der Waals surface area contributed by atoms with Gasteiger partial charge in [-0.15, -0.1) is 0 Å². The molecule has 0 fully saturated rings. The van der Waals surface area contributed by atoms with Crippen molar-refractivity contribution in [2.45, 2.75) is 0 Å². The van der Waals surface area contributed by atoms with Crippen molar-refractivity contribution in [1.29, 1.82) is 0 Å². The Hall–Kier alpha value is -1.20. The van der Waals surface area contributed by atoms with Crippen molar-refractivity contribution in [1.82, 2.24) is 9.97 Å². The summed E-state index contributed by atoms with van der Waals surface area (Å²) < 4.78 is 19.3. The first-order valence-corrected chi connectivity index (χ1v) is 5.44. The molecule has 0 radical (unpaired) electrons. The van der Waals surface area contributed by atoms with Gasteiger partial charge in [0.1, 0.15) is 5.75 Å². The van der Waals surface area contributed by atoms with Crippen molar-refractivity contribution in [3.05, 3.63) is 46.0 Å². The molecule has 0 aliphatic heterocycles. The fraction of sp³-hybridized carbons (Fsp3) is 0. The van der Waals surface area contributed by atoms with Crippen LogP contribution in [-0.4, -0.2) is 9.97 Å². The molecule has 0 aliphatic rings. The number of hydrogen-bond acceptors (Lipinski definition) is 3. The molecular weight excluding hydrogens is 298 g/mol. The van der Waals surface area contributed by atoms with E-state index in [1.54, 1.807) is 24.3 Å². The molecule has 0 N–H and O–H groups in total. The average Bonchev–Trinajstić information content (AvgIpc) is 2.27. The molecule has 16 heavy (non-hydrogen) atoms. The fourth-order valence-corrected chi connectivity index (χ4v) is 1.41. The zero-order valence-corrected chi connectivity index (χ0v) is 10.2. The van der Waals surface area contributed by atoms with Gasteiger partial charge in [-0.2, -0.15) is 9.37 Å². The second kappa shape index (κ2) is 4.76. The van der Waals surface area contributed by atoms with Gasteiger partial charge in [-0.25, -0.2) is 4.98 Å². The number of benzene rings is 1. The Kier molecular flexibility index (Phi) is 3.36. The Bertz CT molecular complexity index is 507. The van der Waals surface area contributed by atoms with Crippen molar-refractivity contribution >= 4 is 27.5 Å². The zero-order chi connectivity index (χ0) is 11.5. The van der Waals surface area contributed by atoms with Gasteiger partial charge in [0, 0.05) is 4.47 Å². The van der Waals surface area contributed by atoms with E-state index in [1.165, 1.54) is 0 Å². The van der Waals surface area contributed by atoms with Gasteiger partial charge in [-0.3, -0.25) is 0 Å². The van der Waals surface area contributed by atoms with Crippen LogP contribution in [0.25, 0.3) is 0 Å². The largest absolute Gasteiger partial charge is 0.436 e. The summed E-state index contributed by atoms with van der Waals surface area (Å²) >= 11 is 8.81. The van der Waals surface area contributed by atoms with Crippen LogP contribution in [0.4, 0.5) is 4.39 Å². The molecule has 0 amide bonds. The maximum absolute atomic E-state index is 13.2. The third-order valence-electron chi connectivity index (χ3n) is 1.71. The second-order valence-corrected chi connectivity index (χ2v) is 4.10. The average molecular weight is 304 g/mol. The molecule has 0 unspecified atom stereocenters. The molecular formula is C10H5BrClFN2O. The Labute approximate surface area is 104 Å². The summed E-state index contributed by atoms with van der Waals surface area (Å²) in [6.45, 7) is 0. The van der Waals surface area contributed by atoms with Crippen molar-refractivity contribution in [2.24, 2.45) is 0 Å². The molecule has 1 heterocycles. The summed E-state index contributed by atoms with van der Waals surface area (Å²) in [6, 6.07) is 6.91. The van der Waals surface area contributed by atoms with E-state index in [2.05, 4.69) is 25.9 Å². The number of halogens is 3. The van der Waals surface area contributed by atoms with Crippen LogP contribution >= 0.6 is 27.5 Å². The molecule has 0 atom stereocenters. The Morgan fingerprint density at radius 3 is 2.62 bits per heavy atom. The van der Waals surface area contributed by atoms with Crippen LogP contribution < -0.4 is 4.74 Å². The maximum Gasteiger partial charge on any atom is 0.260 e. The molecule has 0 saturated carbocycles. The normalized spacial score (nSPS) is 10.2. The zero-order valence-electron chi connectivity index (χ0n) is 7.82. The summed E-state index contributed by atoms with van der Waals surface area (Å²) in [6.07, 6.45) is 0.962. The van der Waals surface area contributed by atoms with Crippen LogP contribution in [0.1, 0.15) is 0 Å². The first kappa shape index (κ1) is 11.3. The molecule has 0 saturated heterocycles. The van der Waals surface area contributed by atoms with E-state index in [0.717, 1.165) is 10.7 Å². The van der Waals surface area contributed by atoms with Crippen LogP contribution in [0.3, 0.4) is 0 Å². The molecule has 3 nitrogen and oxygen atoms in total. The summed E-state index contributed by atoms with van der Waals surface area (Å²) in [5.41, 5.74) is 0. The van der Waals surface area contributed by atoms with E-state index in [0.29, 0.717) is 5.75 Å². The van der Waals surface area contributed by atoms with Crippen molar-refractivity contribution in [3.63, 3.8) is 0 Å².